The molecule has 1 N–H and O–H groups in total. The first-order valence-corrected chi connectivity index (χ1v) is 6.79. The summed E-state index contributed by atoms with van der Waals surface area (Å²) in [4.78, 5) is 2.36. The Kier molecular flexibility index (Phi) is 4.10. The molecule has 2 rings (SSSR count). The standard InChI is InChI=1S/C11H14Br2N2O/c1-16-11-7-10(8(12)6-9(11)13)15-4-2-14-3-5-15/h6-7,14H,2-5H2,1H3. The molecule has 1 aliphatic rings. The molecule has 3 nitrogen and oxygen atoms in total. The molecule has 0 amide bonds. The van der Waals surface area contributed by atoms with Crippen molar-refractivity contribution in [2.45, 2.75) is 0 Å². The number of halogens is 2. The van der Waals surface area contributed by atoms with Gasteiger partial charge in [-0.3, -0.25) is 0 Å². The van der Waals surface area contributed by atoms with E-state index < -0.39 is 0 Å². The maximum absolute atomic E-state index is 5.32. The van der Waals surface area contributed by atoms with Crippen molar-refractivity contribution in [3.8, 4) is 5.75 Å². The van der Waals surface area contributed by atoms with Crippen LogP contribution in [0.25, 0.3) is 0 Å². The largest absolute Gasteiger partial charge is 0.495 e. The Morgan fingerprint density at radius 2 is 1.88 bits per heavy atom. The lowest BCUT2D eigenvalue weighted by molar-refractivity contribution is 0.412. The summed E-state index contributed by atoms with van der Waals surface area (Å²) in [6, 6.07) is 4.11. The predicted molar refractivity (Wildman–Crippen MR) is 73.5 cm³/mol. The van der Waals surface area contributed by atoms with Crippen LogP contribution in [0.1, 0.15) is 0 Å². The first kappa shape index (κ1) is 12.2. The molecule has 1 aliphatic heterocycles. The quantitative estimate of drug-likeness (QED) is 0.888. The van der Waals surface area contributed by atoms with Crippen LogP contribution in [0.3, 0.4) is 0 Å². The number of anilines is 1. The van der Waals surface area contributed by atoms with Crippen molar-refractivity contribution in [2.24, 2.45) is 0 Å². The zero-order valence-corrected chi connectivity index (χ0v) is 12.3. The van der Waals surface area contributed by atoms with Gasteiger partial charge in [0.15, 0.2) is 0 Å². The van der Waals surface area contributed by atoms with E-state index in [0.717, 1.165) is 40.9 Å². The molecule has 0 aliphatic carbocycles. The summed E-state index contributed by atoms with van der Waals surface area (Å²) >= 11 is 7.08. The van der Waals surface area contributed by atoms with Crippen molar-refractivity contribution in [3.63, 3.8) is 0 Å². The van der Waals surface area contributed by atoms with Crippen LogP contribution >= 0.6 is 31.9 Å². The average Bonchev–Trinajstić information content (AvgIpc) is 2.30. The second-order valence-electron chi connectivity index (χ2n) is 3.68. The Balaban J connectivity index is 2.31. The molecule has 0 unspecified atom stereocenters. The first-order chi connectivity index (χ1) is 7.72. The van der Waals surface area contributed by atoms with Gasteiger partial charge < -0.3 is 15.0 Å². The monoisotopic (exact) mass is 348 g/mol. The molecule has 1 fully saturated rings. The van der Waals surface area contributed by atoms with Gasteiger partial charge in [-0.15, -0.1) is 0 Å². The maximum atomic E-state index is 5.32. The molecule has 5 heteroatoms. The van der Waals surface area contributed by atoms with E-state index in [1.165, 1.54) is 5.69 Å². The lowest BCUT2D eigenvalue weighted by Crippen LogP contribution is -2.43. The molecule has 1 aromatic carbocycles. The van der Waals surface area contributed by atoms with Gasteiger partial charge in [0, 0.05) is 36.7 Å². The summed E-state index contributed by atoms with van der Waals surface area (Å²) in [7, 11) is 1.69. The first-order valence-electron chi connectivity index (χ1n) is 5.21. The molecule has 16 heavy (non-hydrogen) atoms. The van der Waals surface area contributed by atoms with Gasteiger partial charge >= 0.3 is 0 Å². The van der Waals surface area contributed by atoms with E-state index in [0.29, 0.717) is 0 Å². The van der Waals surface area contributed by atoms with Gasteiger partial charge in [0.2, 0.25) is 0 Å². The smallest absolute Gasteiger partial charge is 0.135 e. The third-order valence-electron chi connectivity index (χ3n) is 2.68. The number of methoxy groups -OCH3 is 1. The predicted octanol–water partition coefficient (Wildman–Crippen LogP) is 2.63. The van der Waals surface area contributed by atoms with Crippen LogP contribution in [-0.4, -0.2) is 33.3 Å². The summed E-state index contributed by atoms with van der Waals surface area (Å²) in [5.41, 5.74) is 1.20. The highest BCUT2D eigenvalue weighted by Crippen LogP contribution is 2.36. The van der Waals surface area contributed by atoms with Crippen LogP contribution < -0.4 is 15.0 Å². The summed E-state index contributed by atoms with van der Waals surface area (Å²) in [6.07, 6.45) is 0. The van der Waals surface area contributed by atoms with E-state index in [9.17, 15) is 0 Å². The molecule has 1 aromatic rings. The second kappa shape index (κ2) is 5.38. The molecule has 0 saturated carbocycles. The maximum Gasteiger partial charge on any atom is 0.135 e. The molecule has 0 aromatic heterocycles. The Hall–Kier alpha value is -0.260. The van der Waals surface area contributed by atoms with Crippen LogP contribution in [0.2, 0.25) is 0 Å². The van der Waals surface area contributed by atoms with E-state index in [4.69, 9.17) is 4.74 Å². The Morgan fingerprint density at radius 3 is 2.50 bits per heavy atom. The Bertz CT molecular complexity index is 378. The van der Waals surface area contributed by atoms with Gasteiger partial charge in [-0.2, -0.15) is 0 Å². The Morgan fingerprint density at radius 1 is 1.19 bits per heavy atom. The third-order valence-corrected chi connectivity index (χ3v) is 3.93. The van der Waals surface area contributed by atoms with Gasteiger partial charge in [0.25, 0.3) is 0 Å². The summed E-state index contributed by atoms with van der Waals surface area (Å²) in [5, 5.41) is 3.35. The summed E-state index contributed by atoms with van der Waals surface area (Å²) in [6.45, 7) is 4.13. The van der Waals surface area contributed by atoms with Gasteiger partial charge in [0.05, 0.1) is 17.3 Å². The van der Waals surface area contributed by atoms with E-state index in [1.807, 2.05) is 6.07 Å². The van der Waals surface area contributed by atoms with Crippen LogP contribution in [0, 0.1) is 0 Å². The van der Waals surface area contributed by atoms with E-state index in [2.05, 4.69) is 48.1 Å². The highest BCUT2D eigenvalue weighted by atomic mass is 79.9. The van der Waals surface area contributed by atoms with Crippen LogP contribution in [0.15, 0.2) is 21.1 Å². The molecule has 0 radical (unpaired) electrons. The van der Waals surface area contributed by atoms with Gasteiger partial charge in [-0.05, 0) is 37.9 Å². The lowest BCUT2D eigenvalue weighted by atomic mass is 10.2. The van der Waals surface area contributed by atoms with Crippen molar-refractivity contribution < 1.29 is 4.74 Å². The van der Waals surface area contributed by atoms with Crippen molar-refractivity contribution in [3.05, 3.63) is 21.1 Å². The second-order valence-corrected chi connectivity index (χ2v) is 5.38. The Labute approximate surface area is 112 Å². The zero-order chi connectivity index (χ0) is 11.5. The molecule has 0 bridgehead atoms. The average molecular weight is 350 g/mol. The van der Waals surface area contributed by atoms with Crippen molar-refractivity contribution >= 4 is 37.5 Å². The van der Waals surface area contributed by atoms with Crippen molar-refractivity contribution in [1.82, 2.24) is 5.32 Å². The number of piperazine rings is 1. The fourth-order valence-electron chi connectivity index (χ4n) is 1.82. The SMILES string of the molecule is COc1cc(N2CCNCC2)c(Br)cc1Br. The number of nitrogens with one attached hydrogen (secondary N) is 1. The molecule has 1 heterocycles. The number of hydrogen-bond acceptors (Lipinski definition) is 3. The highest BCUT2D eigenvalue weighted by Gasteiger charge is 2.15. The van der Waals surface area contributed by atoms with Crippen LogP contribution in [0.4, 0.5) is 5.69 Å². The van der Waals surface area contributed by atoms with E-state index in [1.54, 1.807) is 7.11 Å². The van der Waals surface area contributed by atoms with Gasteiger partial charge in [-0.25, -0.2) is 0 Å². The molecule has 1 saturated heterocycles. The van der Waals surface area contributed by atoms with Crippen LogP contribution in [0.5, 0.6) is 5.75 Å². The number of ether oxygens (including phenoxy) is 1. The van der Waals surface area contributed by atoms with Crippen molar-refractivity contribution in [2.75, 3.05) is 38.2 Å². The molecular formula is C11H14Br2N2O. The van der Waals surface area contributed by atoms with Gasteiger partial charge in [0.1, 0.15) is 5.75 Å². The minimum Gasteiger partial charge on any atom is -0.495 e. The summed E-state index contributed by atoms with van der Waals surface area (Å²) in [5.74, 6) is 0.872. The molecule has 88 valence electrons. The normalized spacial score (nSPS) is 16.3. The van der Waals surface area contributed by atoms with Crippen molar-refractivity contribution in [1.29, 1.82) is 0 Å². The van der Waals surface area contributed by atoms with Gasteiger partial charge in [-0.1, -0.05) is 0 Å². The molecular weight excluding hydrogens is 336 g/mol. The number of nitrogens with zero attached hydrogens (tertiary/aromatic N) is 1. The van der Waals surface area contributed by atoms with Crippen LogP contribution in [-0.2, 0) is 0 Å². The fourth-order valence-corrected chi connectivity index (χ4v) is 3.23. The number of hydrogen-bond donors (Lipinski definition) is 1. The minimum absolute atomic E-state index is 0.872. The minimum atomic E-state index is 0.872. The third kappa shape index (κ3) is 2.52. The highest BCUT2D eigenvalue weighted by molar-refractivity contribution is 9.11. The fraction of sp³-hybridized carbons (Fsp3) is 0.455. The summed E-state index contributed by atoms with van der Waals surface area (Å²) < 4.78 is 7.39. The van der Waals surface area contributed by atoms with E-state index in [-0.39, 0.29) is 0 Å². The topological polar surface area (TPSA) is 24.5 Å². The lowest BCUT2D eigenvalue weighted by Gasteiger charge is -2.30. The van der Waals surface area contributed by atoms with E-state index >= 15 is 0 Å². The molecule has 0 spiro atoms. The molecule has 0 atom stereocenters. The zero-order valence-electron chi connectivity index (χ0n) is 9.09. The number of benzene rings is 1. The number of rotatable bonds is 2.